The van der Waals surface area contributed by atoms with Gasteiger partial charge < -0.3 is 20.2 Å². The number of hydrogen-bond acceptors (Lipinski definition) is 3. The number of phenols is 1. The topological polar surface area (TPSA) is 72.9 Å². The van der Waals surface area contributed by atoms with Crippen LogP contribution in [0.4, 0.5) is 4.79 Å². The summed E-state index contributed by atoms with van der Waals surface area (Å²) in [6.45, 7) is 7.16. The van der Waals surface area contributed by atoms with Crippen molar-refractivity contribution >= 4 is 11.9 Å². The molecule has 1 aromatic carbocycles. The summed E-state index contributed by atoms with van der Waals surface area (Å²) in [5.74, 6) is 0.506. The quantitative estimate of drug-likeness (QED) is 0.860. The SMILES string of the molecule is CC(C)[C@@H](C)NC(=O)N1CCCC1C(=O)N(C)Cc1ccc(O)cc1. The van der Waals surface area contributed by atoms with E-state index in [1.54, 1.807) is 41.1 Å². The van der Waals surface area contributed by atoms with E-state index < -0.39 is 6.04 Å². The van der Waals surface area contributed by atoms with Gasteiger partial charge >= 0.3 is 6.03 Å². The summed E-state index contributed by atoms with van der Waals surface area (Å²) in [5, 5.41) is 12.3. The Balaban J connectivity index is 1.99. The van der Waals surface area contributed by atoms with Crippen LogP contribution in [0.15, 0.2) is 24.3 Å². The minimum Gasteiger partial charge on any atom is -0.508 e. The normalized spacial score (nSPS) is 18.3. The first kappa shape index (κ1) is 19.1. The molecule has 1 saturated heterocycles. The molecular weight excluding hydrogens is 318 g/mol. The van der Waals surface area contributed by atoms with Gasteiger partial charge in [0.25, 0.3) is 0 Å². The minimum absolute atomic E-state index is 0.0436. The number of carbonyl (C=O) groups excluding carboxylic acids is 2. The number of likely N-dealkylation sites (N-methyl/N-ethyl adjacent to an activating group) is 1. The van der Waals surface area contributed by atoms with E-state index >= 15 is 0 Å². The van der Waals surface area contributed by atoms with Gasteiger partial charge in [-0.3, -0.25) is 4.79 Å². The Labute approximate surface area is 149 Å². The number of carbonyl (C=O) groups is 2. The number of hydrogen-bond donors (Lipinski definition) is 2. The maximum atomic E-state index is 12.8. The first-order chi connectivity index (χ1) is 11.8. The molecule has 3 amide bonds. The van der Waals surface area contributed by atoms with Gasteiger partial charge in [-0.05, 0) is 43.4 Å². The Morgan fingerprint density at radius 2 is 1.92 bits per heavy atom. The fraction of sp³-hybridized carbons (Fsp3) is 0.579. The minimum atomic E-state index is -0.401. The fourth-order valence-electron chi connectivity index (χ4n) is 2.92. The highest BCUT2D eigenvalue weighted by molar-refractivity contribution is 5.87. The van der Waals surface area contributed by atoms with Gasteiger partial charge in [0.2, 0.25) is 5.91 Å². The average molecular weight is 347 g/mol. The van der Waals surface area contributed by atoms with E-state index in [0.29, 0.717) is 25.4 Å². The second-order valence-electron chi connectivity index (χ2n) is 7.19. The van der Waals surface area contributed by atoms with Crippen molar-refractivity contribution in [3.63, 3.8) is 0 Å². The van der Waals surface area contributed by atoms with Gasteiger partial charge in [-0.25, -0.2) is 4.79 Å². The third-order valence-electron chi connectivity index (χ3n) is 4.88. The average Bonchev–Trinajstić information content (AvgIpc) is 3.05. The fourth-order valence-corrected chi connectivity index (χ4v) is 2.92. The molecule has 0 aliphatic carbocycles. The summed E-state index contributed by atoms with van der Waals surface area (Å²) < 4.78 is 0. The van der Waals surface area contributed by atoms with Gasteiger partial charge in [0.1, 0.15) is 11.8 Å². The molecule has 6 heteroatoms. The summed E-state index contributed by atoms with van der Waals surface area (Å²) in [5.41, 5.74) is 0.941. The second kappa shape index (κ2) is 8.23. The summed E-state index contributed by atoms with van der Waals surface area (Å²) in [7, 11) is 1.75. The Bertz CT molecular complexity index is 600. The van der Waals surface area contributed by atoms with Crippen LogP contribution in [0.3, 0.4) is 0 Å². The van der Waals surface area contributed by atoms with Crippen molar-refractivity contribution in [2.24, 2.45) is 5.92 Å². The number of aromatic hydroxyl groups is 1. The third-order valence-corrected chi connectivity index (χ3v) is 4.88. The molecule has 138 valence electrons. The zero-order chi connectivity index (χ0) is 18.6. The molecule has 1 aliphatic rings. The van der Waals surface area contributed by atoms with Crippen LogP contribution in [0.2, 0.25) is 0 Å². The Kier molecular flexibility index (Phi) is 6.28. The molecule has 0 radical (unpaired) electrons. The number of nitrogens with zero attached hydrogens (tertiary/aromatic N) is 2. The van der Waals surface area contributed by atoms with Gasteiger partial charge in [-0.15, -0.1) is 0 Å². The maximum Gasteiger partial charge on any atom is 0.318 e. The highest BCUT2D eigenvalue weighted by atomic mass is 16.3. The number of likely N-dealkylation sites (tertiary alicyclic amines) is 1. The lowest BCUT2D eigenvalue weighted by Crippen LogP contribution is -2.52. The molecule has 0 saturated carbocycles. The smallest absolute Gasteiger partial charge is 0.318 e. The Morgan fingerprint density at radius 1 is 1.28 bits per heavy atom. The number of phenolic OH excluding ortho intramolecular Hbond substituents is 1. The largest absolute Gasteiger partial charge is 0.508 e. The van der Waals surface area contributed by atoms with Crippen LogP contribution in [0.1, 0.15) is 39.2 Å². The van der Waals surface area contributed by atoms with Crippen molar-refractivity contribution in [2.45, 2.75) is 52.2 Å². The van der Waals surface area contributed by atoms with Crippen LogP contribution in [0.25, 0.3) is 0 Å². The summed E-state index contributed by atoms with van der Waals surface area (Å²) in [4.78, 5) is 28.6. The van der Waals surface area contributed by atoms with Crippen molar-refractivity contribution in [3.8, 4) is 5.75 Å². The Hall–Kier alpha value is -2.24. The van der Waals surface area contributed by atoms with Gasteiger partial charge in [0.15, 0.2) is 0 Å². The van der Waals surface area contributed by atoms with Gasteiger partial charge in [-0.2, -0.15) is 0 Å². The second-order valence-corrected chi connectivity index (χ2v) is 7.19. The number of nitrogens with one attached hydrogen (secondary N) is 1. The standard InChI is InChI=1S/C19H29N3O3/c1-13(2)14(3)20-19(25)22-11-5-6-17(22)18(24)21(4)12-15-7-9-16(23)10-8-15/h7-10,13-14,17,23H,5-6,11-12H2,1-4H3,(H,20,25)/t14-,17?/m1/s1. The summed E-state index contributed by atoms with van der Waals surface area (Å²) >= 11 is 0. The molecule has 6 nitrogen and oxygen atoms in total. The van der Waals surface area contributed by atoms with Gasteiger partial charge in [-0.1, -0.05) is 26.0 Å². The van der Waals surface area contributed by atoms with Crippen LogP contribution >= 0.6 is 0 Å². The molecule has 0 bridgehead atoms. The molecule has 1 fully saturated rings. The van der Waals surface area contributed by atoms with Crippen LogP contribution in [-0.4, -0.2) is 52.5 Å². The molecule has 1 aliphatic heterocycles. The molecule has 2 atom stereocenters. The monoisotopic (exact) mass is 347 g/mol. The number of amides is 3. The zero-order valence-corrected chi connectivity index (χ0v) is 15.5. The highest BCUT2D eigenvalue weighted by Gasteiger charge is 2.36. The van der Waals surface area contributed by atoms with E-state index in [-0.39, 0.29) is 23.7 Å². The van der Waals surface area contributed by atoms with Crippen molar-refractivity contribution in [3.05, 3.63) is 29.8 Å². The van der Waals surface area contributed by atoms with E-state index in [4.69, 9.17) is 0 Å². The lowest BCUT2D eigenvalue weighted by Gasteiger charge is -2.30. The molecule has 0 aromatic heterocycles. The predicted molar refractivity (Wildman–Crippen MR) is 97.1 cm³/mol. The Morgan fingerprint density at radius 3 is 2.52 bits per heavy atom. The van der Waals surface area contributed by atoms with Crippen LogP contribution < -0.4 is 5.32 Å². The number of urea groups is 1. The van der Waals surface area contributed by atoms with Crippen molar-refractivity contribution < 1.29 is 14.7 Å². The van der Waals surface area contributed by atoms with Gasteiger partial charge in [0, 0.05) is 26.2 Å². The molecule has 1 heterocycles. The predicted octanol–water partition coefficient (Wildman–Crippen LogP) is 2.57. The van der Waals surface area contributed by atoms with Crippen molar-refractivity contribution in [2.75, 3.05) is 13.6 Å². The van der Waals surface area contributed by atoms with Crippen LogP contribution in [0, 0.1) is 5.92 Å². The molecule has 0 spiro atoms. The van der Waals surface area contributed by atoms with Crippen molar-refractivity contribution in [1.82, 2.24) is 15.1 Å². The van der Waals surface area contributed by atoms with Crippen LogP contribution in [-0.2, 0) is 11.3 Å². The van der Waals surface area contributed by atoms with Crippen molar-refractivity contribution in [1.29, 1.82) is 0 Å². The lowest BCUT2D eigenvalue weighted by atomic mass is 10.1. The lowest BCUT2D eigenvalue weighted by molar-refractivity contribution is -0.134. The summed E-state index contributed by atoms with van der Waals surface area (Å²) in [6.07, 6.45) is 1.54. The molecule has 2 rings (SSSR count). The van der Waals surface area contributed by atoms with E-state index in [1.165, 1.54) is 0 Å². The van der Waals surface area contributed by atoms with E-state index in [1.807, 2.05) is 6.92 Å². The van der Waals surface area contributed by atoms with Gasteiger partial charge in [0.05, 0.1) is 0 Å². The molecular formula is C19H29N3O3. The number of benzene rings is 1. The summed E-state index contributed by atoms with van der Waals surface area (Å²) in [6, 6.07) is 6.31. The first-order valence-electron chi connectivity index (χ1n) is 8.89. The highest BCUT2D eigenvalue weighted by Crippen LogP contribution is 2.21. The molecule has 1 aromatic rings. The first-order valence-corrected chi connectivity index (χ1v) is 8.89. The molecule has 2 N–H and O–H groups in total. The molecule has 1 unspecified atom stereocenters. The van der Waals surface area contributed by atoms with E-state index in [0.717, 1.165) is 12.0 Å². The zero-order valence-electron chi connectivity index (χ0n) is 15.5. The van der Waals surface area contributed by atoms with E-state index in [9.17, 15) is 14.7 Å². The molecule has 25 heavy (non-hydrogen) atoms. The number of rotatable bonds is 5. The third kappa shape index (κ3) is 4.87. The van der Waals surface area contributed by atoms with Crippen LogP contribution in [0.5, 0.6) is 5.75 Å². The van der Waals surface area contributed by atoms with E-state index in [2.05, 4.69) is 19.2 Å². The maximum absolute atomic E-state index is 12.8.